The molecular weight excluding hydrogens is 230 g/mol. The summed E-state index contributed by atoms with van der Waals surface area (Å²) >= 11 is 0. The number of nitro benzene ring substituents is 1. The Bertz CT molecular complexity index is 431. The molecule has 1 rings (SSSR count). The van der Waals surface area contributed by atoms with Crippen LogP contribution in [0.3, 0.4) is 0 Å². The van der Waals surface area contributed by atoms with E-state index in [-0.39, 0.29) is 12.3 Å². The van der Waals surface area contributed by atoms with Gasteiger partial charge in [-0.2, -0.15) is 0 Å². The van der Waals surface area contributed by atoms with E-state index >= 15 is 0 Å². The summed E-state index contributed by atoms with van der Waals surface area (Å²) in [5, 5.41) is 19.0. The highest BCUT2D eigenvalue weighted by atomic mass is 16.6. The summed E-state index contributed by atoms with van der Waals surface area (Å²) < 4.78 is 9.73. The molecule has 7 nitrogen and oxygen atoms in total. The molecule has 1 aromatic carbocycles. The van der Waals surface area contributed by atoms with E-state index in [4.69, 9.17) is 14.6 Å². The highest BCUT2D eigenvalue weighted by Gasteiger charge is 2.10. The highest BCUT2D eigenvalue weighted by Crippen LogP contribution is 2.22. The number of benzene rings is 1. The van der Waals surface area contributed by atoms with Crippen molar-refractivity contribution >= 4 is 11.7 Å². The van der Waals surface area contributed by atoms with Gasteiger partial charge in [-0.3, -0.25) is 10.1 Å². The molecule has 0 aromatic heterocycles. The zero-order valence-corrected chi connectivity index (χ0v) is 9.08. The van der Waals surface area contributed by atoms with Gasteiger partial charge in [-0.25, -0.2) is 4.79 Å². The third kappa shape index (κ3) is 4.07. The monoisotopic (exact) mass is 241 g/mol. The van der Waals surface area contributed by atoms with E-state index in [0.29, 0.717) is 11.3 Å². The Kier molecular flexibility index (Phi) is 4.41. The number of nitrogens with zero attached hydrogens (tertiary/aromatic N) is 1. The van der Waals surface area contributed by atoms with Gasteiger partial charge in [0.25, 0.3) is 5.69 Å². The molecule has 7 heteroatoms. The molecule has 0 heterocycles. The maximum absolute atomic E-state index is 10.6. The fraction of sp³-hybridized carbons (Fsp3) is 0.300. The summed E-state index contributed by atoms with van der Waals surface area (Å²) in [5.41, 5.74) is 0.357. The standard InChI is InChI=1S/C10H11NO6/c1-16-9-3-7(5-17-6-10(12)13)2-8(4-9)11(14)15/h2-4H,5-6H2,1H3,(H,12,13). The molecule has 0 radical (unpaired) electrons. The molecule has 0 unspecified atom stereocenters. The number of carboxylic acids is 1. The maximum atomic E-state index is 10.6. The van der Waals surface area contributed by atoms with Crippen molar-refractivity contribution in [2.45, 2.75) is 6.61 Å². The number of hydrogen-bond donors (Lipinski definition) is 1. The molecule has 0 amide bonds. The largest absolute Gasteiger partial charge is 0.496 e. The Hall–Kier alpha value is -2.15. The topological polar surface area (TPSA) is 98.9 Å². The molecule has 0 fully saturated rings. The van der Waals surface area contributed by atoms with E-state index in [9.17, 15) is 14.9 Å². The van der Waals surface area contributed by atoms with Gasteiger partial charge >= 0.3 is 5.97 Å². The number of carboxylic acid groups (broad SMARTS) is 1. The van der Waals surface area contributed by atoms with E-state index in [1.165, 1.54) is 19.2 Å². The second-order valence-electron chi connectivity index (χ2n) is 3.18. The number of methoxy groups -OCH3 is 1. The van der Waals surface area contributed by atoms with Crippen molar-refractivity contribution in [3.63, 3.8) is 0 Å². The van der Waals surface area contributed by atoms with Crippen molar-refractivity contribution in [3.05, 3.63) is 33.9 Å². The highest BCUT2D eigenvalue weighted by molar-refractivity contribution is 5.68. The van der Waals surface area contributed by atoms with E-state index in [1.807, 2.05) is 0 Å². The number of carbonyl (C=O) groups is 1. The number of aliphatic carboxylic acids is 1. The SMILES string of the molecule is COc1cc(COCC(=O)O)cc([N+](=O)[O-])c1. The molecule has 0 bridgehead atoms. The van der Waals surface area contributed by atoms with Gasteiger partial charge < -0.3 is 14.6 Å². The predicted molar refractivity (Wildman–Crippen MR) is 56.9 cm³/mol. The van der Waals surface area contributed by atoms with Gasteiger partial charge in [0.15, 0.2) is 0 Å². The predicted octanol–water partition coefficient (Wildman–Crippen LogP) is 1.20. The number of non-ortho nitro benzene ring substituents is 1. The van der Waals surface area contributed by atoms with Crippen LogP contribution in [0.1, 0.15) is 5.56 Å². The molecule has 92 valence electrons. The average Bonchev–Trinajstić information content (AvgIpc) is 2.28. The third-order valence-corrected chi connectivity index (χ3v) is 1.89. The molecule has 0 saturated carbocycles. The second-order valence-corrected chi connectivity index (χ2v) is 3.18. The molecule has 1 N–H and O–H groups in total. The van der Waals surface area contributed by atoms with Crippen molar-refractivity contribution in [3.8, 4) is 5.75 Å². The quantitative estimate of drug-likeness (QED) is 0.593. The number of rotatable bonds is 6. The van der Waals surface area contributed by atoms with Gasteiger partial charge in [0.05, 0.1) is 24.7 Å². The first kappa shape index (κ1) is 12.9. The zero-order chi connectivity index (χ0) is 12.8. The Morgan fingerprint density at radius 3 is 2.71 bits per heavy atom. The summed E-state index contributed by atoms with van der Waals surface area (Å²) in [6, 6.07) is 4.14. The van der Waals surface area contributed by atoms with Crippen LogP contribution in [0.2, 0.25) is 0 Å². The van der Waals surface area contributed by atoms with E-state index in [0.717, 1.165) is 0 Å². The van der Waals surface area contributed by atoms with E-state index in [1.54, 1.807) is 6.07 Å². The number of nitro groups is 1. The number of ether oxygens (including phenoxy) is 2. The fourth-order valence-corrected chi connectivity index (χ4v) is 1.21. The van der Waals surface area contributed by atoms with Crippen molar-refractivity contribution in [2.24, 2.45) is 0 Å². The minimum Gasteiger partial charge on any atom is -0.496 e. The van der Waals surface area contributed by atoms with Crippen LogP contribution in [0.25, 0.3) is 0 Å². The van der Waals surface area contributed by atoms with Crippen molar-refractivity contribution in [1.82, 2.24) is 0 Å². The van der Waals surface area contributed by atoms with Gasteiger partial charge in [0.1, 0.15) is 12.4 Å². The lowest BCUT2D eigenvalue weighted by Crippen LogP contribution is -2.06. The van der Waals surface area contributed by atoms with Crippen LogP contribution in [0.5, 0.6) is 5.75 Å². The van der Waals surface area contributed by atoms with Crippen molar-refractivity contribution in [1.29, 1.82) is 0 Å². The maximum Gasteiger partial charge on any atom is 0.329 e. The van der Waals surface area contributed by atoms with Gasteiger partial charge in [0, 0.05) is 6.07 Å². The molecule has 17 heavy (non-hydrogen) atoms. The van der Waals surface area contributed by atoms with Gasteiger partial charge in [-0.15, -0.1) is 0 Å². The summed E-state index contributed by atoms with van der Waals surface area (Å²) in [6.07, 6.45) is 0. The van der Waals surface area contributed by atoms with Crippen LogP contribution in [-0.4, -0.2) is 29.7 Å². The molecule has 0 aliphatic rings. The van der Waals surface area contributed by atoms with Crippen molar-refractivity contribution in [2.75, 3.05) is 13.7 Å². The Morgan fingerprint density at radius 2 is 2.18 bits per heavy atom. The molecule has 0 spiro atoms. The Morgan fingerprint density at radius 1 is 1.47 bits per heavy atom. The van der Waals surface area contributed by atoms with Crippen molar-refractivity contribution < 1.29 is 24.3 Å². The summed E-state index contributed by atoms with van der Waals surface area (Å²) in [6.45, 7) is -0.477. The average molecular weight is 241 g/mol. The molecule has 0 aliphatic carbocycles. The lowest BCUT2D eigenvalue weighted by Gasteiger charge is -2.05. The zero-order valence-electron chi connectivity index (χ0n) is 9.08. The summed E-state index contributed by atoms with van der Waals surface area (Å²) in [5.74, 6) is -0.768. The Labute approximate surface area is 96.7 Å². The first-order valence-electron chi connectivity index (χ1n) is 4.65. The van der Waals surface area contributed by atoms with Crippen LogP contribution >= 0.6 is 0 Å². The first-order chi connectivity index (χ1) is 8.02. The minimum absolute atomic E-state index is 0.0235. The molecular formula is C10H11NO6. The van der Waals surface area contributed by atoms with Gasteiger partial charge in [-0.1, -0.05) is 0 Å². The van der Waals surface area contributed by atoms with Crippen LogP contribution < -0.4 is 4.74 Å². The first-order valence-corrected chi connectivity index (χ1v) is 4.65. The normalized spacial score (nSPS) is 9.94. The smallest absolute Gasteiger partial charge is 0.329 e. The lowest BCUT2D eigenvalue weighted by atomic mass is 10.2. The second kappa shape index (κ2) is 5.80. The minimum atomic E-state index is -1.10. The molecule has 0 atom stereocenters. The van der Waals surface area contributed by atoms with Crippen LogP contribution in [0.4, 0.5) is 5.69 Å². The van der Waals surface area contributed by atoms with Crippen LogP contribution in [0, 0.1) is 10.1 Å². The van der Waals surface area contributed by atoms with E-state index in [2.05, 4.69) is 0 Å². The molecule has 0 aliphatic heterocycles. The van der Waals surface area contributed by atoms with Gasteiger partial charge in [-0.05, 0) is 11.6 Å². The molecule has 0 saturated heterocycles. The lowest BCUT2D eigenvalue weighted by molar-refractivity contribution is -0.385. The van der Waals surface area contributed by atoms with Gasteiger partial charge in [0.2, 0.25) is 0 Å². The fourth-order valence-electron chi connectivity index (χ4n) is 1.21. The van der Waals surface area contributed by atoms with Crippen LogP contribution in [0.15, 0.2) is 18.2 Å². The summed E-state index contributed by atoms with van der Waals surface area (Å²) in [7, 11) is 1.39. The Balaban J connectivity index is 2.80. The van der Waals surface area contributed by atoms with Crippen LogP contribution in [-0.2, 0) is 16.1 Å². The summed E-state index contributed by atoms with van der Waals surface area (Å²) in [4.78, 5) is 20.3. The van der Waals surface area contributed by atoms with E-state index < -0.39 is 17.5 Å². The third-order valence-electron chi connectivity index (χ3n) is 1.89. The molecule has 1 aromatic rings. The number of hydrogen-bond acceptors (Lipinski definition) is 5.